The topological polar surface area (TPSA) is 59.4 Å². The summed E-state index contributed by atoms with van der Waals surface area (Å²) in [5.41, 5.74) is 2.99. The van der Waals surface area contributed by atoms with Crippen molar-refractivity contribution in [1.82, 2.24) is 4.57 Å². The van der Waals surface area contributed by atoms with Gasteiger partial charge in [0.25, 0.3) is 5.56 Å². The van der Waals surface area contributed by atoms with Crippen molar-refractivity contribution in [3.05, 3.63) is 115 Å². The first kappa shape index (κ1) is 30.8. The summed E-state index contributed by atoms with van der Waals surface area (Å²) in [5, 5.41) is 0.885. The van der Waals surface area contributed by atoms with E-state index in [2.05, 4.69) is 36.9 Å². The average Bonchev–Trinajstić information content (AvgIpc) is 3.55. The monoisotopic (exact) mass is 610 g/mol. The van der Waals surface area contributed by atoms with Gasteiger partial charge >= 0.3 is 0 Å². The van der Waals surface area contributed by atoms with Crippen LogP contribution in [0.4, 0.5) is 5.69 Å². The molecule has 0 unspecified atom stereocenters. The van der Waals surface area contributed by atoms with Crippen molar-refractivity contribution in [2.45, 2.75) is 70.7 Å². The van der Waals surface area contributed by atoms with E-state index in [1.807, 2.05) is 19.1 Å². The zero-order valence-corrected chi connectivity index (χ0v) is 26.7. The number of thiazole rings is 1. The minimum absolute atomic E-state index is 0.0343. The van der Waals surface area contributed by atoms with Gasteiger partial charge in [-0.1, -0.05) is 118 Å². The summed E-state index contributed by atoms with van der Waals surface area (Å²) in [7, 11) is 0. The molecule has 43 heavy (non-hydrogen) atoms. The second kappa shape index (κ2) is 14.2. The Bertz CT molecular complexity index is 1740. The summed E-state index contributed by atoms with van der Waals surface area (Å²) in [6.07, 6.45) is 7.10. The number of carbonyl (C=O) groups is 2. The highest BCUT2D eigenvalue weighted by Crippen LogP contribution is 2.46. The smallest absolute Gasteiger partial charge is 0.271 e. The van der Waals surface area contributed by atoms with Crippen LogP contribution in [0.3, 0.4) is 0 Å². The lowest BCUT2D eigenvalue weighted by atomic mass is 9.96. The lowest BCUT2D eigenvalue weighted by molar-refractivity contribution is 0.0996. The number of aromatic nitrogens is 1. The summed E-state index contributed by atoms with van der Waals surface area (Å²) < 4.78 is 2.58. The van der Waals surface area contributed by atoms with Gasteiger partial charge in [-0.3, -0.25) is 19.0 Å². The molecule has 3 aromatic carbocycles. The number of nitrogens with zero attached hydrogens (tertiary/aromatic N) is 2. The molecule has 222 valence electrons. The summed E-state index contributed by atoms with van der Waals surface area (Å²) >= 11 is 2.88. The molecule has 0 saturated carbocycles. The molecule has 1 aliphatic heterocycles. The van der Waals surface area contributed by atoms with Gasteiger partial charge in [-0.2, -0.15) is 0 Å². The number of carbonyl (C=O) groups excluding carboxylic acids is 2. The van der Waals surface area contributed by atoms with E-state index in [1.165, 1.54) is 42.6 Å². The van der Waals surface area contributed by atoms with Gasteiger partial charge in [0.1, 0.15) is 19.8 Å². The van der Waals surface area contributed by atoms with Gasteiger partial charge in [-0.15, -0.1) is 11.3 Å². The number of aryl methyl sites for hydroxylation is 1. The molecule has 0 saturated heterocycles. The fraction of sp³-hybridized carbons (Fsp3) is 0.306. The van der Waals surface area contributed by atoms with Gasteiger partial charge in [0.05, 0.1) is 5.69 Å². The molecule has 1 aliphatic rings. The number of fused-ring (bicyclic) bond motifs is 1. The van der Waals surface area contributed by atoms with Gasteiger partial charge in [-0.05, 0) is 38.0 Å². The average molecular weight is 611 g/mol. The highest BCUT2D eigenvalue weighted by atomic mass is 32.2. The second-order valence-electron chi connectivity index (χ2n) is 10.8. The standard InChI is InChI=1S/C36H38N2O3S2/c1-4-6-7-8-9-16-23-38-28-22-21-25(3)24-29(28)42-36(38)33-34(41)37(5-2)35(43-33)30(31(39)26-17-12-10-13-18-26)32(40)27-19-14-11-15-20-27/h10-15,17-22,24H,4-9,16,23H2,1-3H3. The fourth-order valence-corrected chi connectivity index (χ4v) is 8.08. The quantitative estimate of drug-likeness (QED) is 0.0965. The molecule has 0 amide bonds. The van der Waals surface area contributed by atoms with Crippen molar-refractivity contribution < 1.29 is 9.59 Å². The first-order chi connectivity index (χ1) is 20.9. The van der Waals surface area contributed by atoms with Crippen molar-refractivity contribution in [1.29, 1.82) is 0 Å². The number of rotatable bonds is 12. The van der Waals surface area contributed by atoms with Crippen LogP contribution in [0, 0.1) is 6.92 Å². The molecule has 1 aromatic heterocycles. The number of benzene rings is 3. The van der Waals surface area contributed by atoms with Crippen LogP contribution in [-0.2, 0) is 6.54 Å². The van der Waals surface area contributed by atoms with Gasteiger partial charge < -0.3 is 4.90 Å². The Labute approximate surface area is 261 Å². The Morgan fingerprint density at radius 3 is 1.98 bits per heavy atom. The third-order valence-electron chi connectivity index (χ3n) is 7.73. The number of anilines is 1. The summed E-state index contributed by atoms with van der Waals surface area (Å²) in [6, 6.07) is 24.1. The van der Waals surface area contributed by atoms with Crippen molar-refractivity contribution >= 4 is 51.0 Å². The van der Waals surface area contributed by atoms with Gasteiger partial charge in [-0.25, -0.2) is 0 Å². The highest BCUT2D eigenvalue weighted by Gasteiger charge is 2.29. The van der Waals surface area contributed by atoms with E-state index in [0.717, 1.165) is 35.0 Å². The van der Waals surface area contributed by atoms with E-state index in [1.54, 1.807) is 64.9 Å². The molecule has 0 N–H and O–H groups in total. The van der Waals surface area contributed by atoms with Crippen LogP contribution in [0.15, 0.2) is 88.6 Å². The van der Waals surface area contributed by atoms with Crippen molar-refractivity contribution in [2.24, 2.45) is 0 Å². The lowest BCUT2D eigenvalue weighted by Gasteiger charge is -2.20. The summed E-state index contributed by atoms with van der Waals surface area (Å²) in [6.45, 7) is 7.35. The molecule has 5 nitrogen and oxygen atoms in total. The van der Waals surface area contributed by atoms with Crippen LogP contribution < -0.4 is 19.7 Å². The zero-order chi connectivity index (χ0) is 30.3. The number of ketones is 2. The minimum Gasteiger partial charge on any atom is -0.334 e. The summed E-state index contributed by atoms with van der Waals surface area (Å²) in [4.78, 5) is 45.5. The molecule has 4 aromatic rings. The molecule has 0 aliphatic carbocycles. The van der Waals surface area contributed by atoms with Gasteiger partial charge in [0, 0.05) is 29.1 Å². The van der Waals surface area contributed by atoms with E-state index < -0.39 is 0 Å². The van der Waals surface area contributed by atoms with Crippen molar-refractivity contribution in [3.63, 3.8) is 0 Å². The normalized spacial score (nSPS) is 13.7. The Hall–Kier alpha value is -3.68. The third-order valence-corrected chi connectivity index (χ3v) is 10.2. The molecule has 7 heteroatoms. The fourth-order valence-electron chi connectivity index (χ4n) is 5.42. The van der Waals surface area contributed by atoms with Gasteiger partial charge in [0.15, 0.2) is 11.6 Å². The molecule has 0 bridgehead atoms. The first-order valence-corrected chi connectivity index (χ1v) is 16.8. The first-order valence-electron chi connectivity index (χ1n) is 15.2. The molecular weight excluding hydrogens is 573 g/mol. The van der Waals surface area contributed by atoms with Crippen LogP contribution >= 0.6 is 23.1 Å². The van der Waals surface area contributed by atoms with Crippen LogP contribution in [0.2, 0.25) is 0 Å². The predicted molar refractivity (Wildman–Crippen MR) is 180 cm³/mol. The number of thioether (sulfide) groups is 1. The zero-order valence-electron chi connectivity index (χ0n) is 25.1. The maximum atomic E-state index is 14.1. The Morgan fingerprint density at radius 1 is 0.767 bits per heavy atom. The Balaban J connectivity index is 1.70. The van der Waals surface area contributed by atoms with Crippen LogP contribution in [0.5, 0.6) is 0 Å². The molecule has 0 radical (unpaired) electrons. The highest BCUT2D eigenvalue weighted by molar-refractivity contribution is 8.08. The van der Waals surface area contributed by atoms with E-state index >= 15 is 0 Å². The molecule has 0 fully saturated rings. The predicted octanol–water partition coefficient (Wildman–Crippen LogP) is 7.19. The molecule has 0 atom stereocenters. The van der Waals surface area contributed by atoms with Crippen LogP contribution in [0.1, 0.15) is 78.7 Å². The minimum atomic E-state index is -0.378. The second-order valence-corrected chi connectivity index (χ2v) is 12.9. The van der Waals surface area contributed by atoms with Crippen molar-refractivity contribution in [3.8, 4) is 0 Å². The molecule has 0 spiro atoms. The molecule has 2 heterocycles. The maximum absolute atomic E-state index is 14.1. The lowest BCUT2D eigenvalue weighted by Crippen LogP contribution is -2.36. The number of unbranched alkanes of at least 4 members (excludes halogenated alkanes) is 5. The largest absolute Gasteiger partial charge is 0.334 e. The Morgan fingerprint density at radius 2 is 1.37 bits per heavy atom. The number of hydrogen-bond acceptors (Lipinski definition) is 6. The van der Waals surface area contributed by atoms with Crippen molar-refractivity contribution in [2.75, 3.05) is 11.4 Å². The number of Topliss-reactive ketones (excluding diaryl/α,β-unsaturated/α-hetero) is 2. The molecule has 5 rings (SSSR count). The van der Waals surface area contributed by atoms with E-state index in [0.29, 0.717) is 26.9 Å². The third kappa shape index (κ3) is 6.63. The maximum Gasteiger partial charge on any atom is 0.271 e. The Kier molecular flexibility index (Phi) is 10.2. The SMILES string of the molecule is CCCCCCCCN1C(=c2sc(=C(C(=O)c3ccccc3)C(=O)c3ccccc3)n(CC)c2=O)Sc2cc(C)ccc21. The molecular formula is C36H38N2O3S2. The number of hydrogen-bond donors (Lipinski definition) is 0. The van der Waals surface area contributed by atoms with Crippen LogP contribution in [-0.4, -0.2) is 22.7 Å². The van der Waals surface area contributed by atoms with E-state index in [-0.39, 0.29) is 22.7 Å². The summed E-state index contributed by atoms with van der Waals surface area (Å²) in [5.74, 6) is -0.757. The van der Waals surface area contributed by atoms with Crippen LogP contribution in [0.25, 0.3) is 10.6 Å². The van der Waals surface area contributed by atoms with E-state index in [4.69, 9.17) is 0 Å². The van der Waals surface area contributed by atoms with Gasteiger partial charge in [0.2, 0.25) is 0 Å². The van der Waals surface area contributed by atoms with E-state index in [9.17, 15) is 14.4 Å².